The summed E-state index contributed by atoms with van der Waals surface area (Å²) in [5, 5.41) is 12.1. The Labute approximate surface area is 154 Å². The third-order valence-corrected chi connectivity index (χ3v) is 5.26. The Morgan fingerprint density at radius 2 is 1.84 bits per heavy atom. The van der Waals surface area contributed by atoms with Crippen molar-refractivity contribution in [1.82, 2.24) is 4.98 Å². The lowest BCUT2D eigenvalue weighted by Gasteiger charge is -2.33. The number of amides is 2. The quantitative estimate of drug-likeness (QED) is 0.804. The molecule has 130 valence electrons. The molecule has 1 aromatic heterocycles. The Balaban J connectivity index is 2.45. The molecule has 6 nitrogen and oxygen atoms in total. The van der Waals surface area contributed by atoms with E-state index in [2.05, 4.69) is 4.98 Å². The molecule has 2 rings (SSSR count). The first-order valence-electron chi connectivity index (χ1n) is 7.38. The van der Waals surface area contributed by atoms with E-state index in [1.807, 2.05) is 18.2 Å². The molecule has 0 aliphatic rings. The highest BCUT2D eigenvalue weighted by molar-refractivity contribution is 7.10. The van der Waals surface area contributed by atoms with Crippen LogP contribution in [0.2, 0.25) is 5.02 Å². The molecule has 2 aromatic rings. The number of benzene rings is 1. The maximum Gasteiger partial charge on any atom is 0.235 e. The van der Waals surface area contributed by atoms with Gasteiger partial charge in [-0.1, -0.05) is 37.6 Å². The van der Waals surface area contributed by atoms with Crippen molar-refractivity contribution in [3.8, 4) is 17.3 Å². The maximum absolute atomic E-state index is 12.1. The molecule has 0 aliphatic carbocycles. The van der Waals surface area contributed by atoms with Crippen molar-refractivity contribution in [2.24, 2.45) is 22.8 Å². The van der Waals surface area contributed by atoms with E-state index in [1.54, 1.807) is 31.4 Å². The first kappa shape index (κ1) is 18.9. The third kappa shape index (κ3) is 3.81. The monoisotopic (exact) mass is 376 g/mol. The molecule has 2 atom stereocenters. The van der Waals surface area contributed by atoms with E-state index < -0.39 is 29.1 Å². The van der Waals surface area contributed by atoms with Crippen LogP contribution < -0.4 is 11.5 Å². The molecule has 0 saturated heterocycles. The van der Waals surface area contributed by atoms with Crippen molar-refractivity contribution in [1.29, 1.82) is 5.26 Å². The first-order chi connectivity index (χ1) is 11.7. The molecule has 0 saturated carbocycles. The van der Waals surface area contributed by atoms with Crippen LogP contribution in [0.5, 0.6) is 0 Å². The van der Waals surface area contributed by atoms with Gasteiger partial charge in [-0.05, 0) is 12.1 Å². The molecule has 0 fully saturated rings. The Morgan fingerprint density at radius 1 is 1.24 bits per heavy atom. The van der Waals surface area contributed by atoms with Crippen molar-refractivity contribution in [3.63, 3.8) is 0 Å². The number of nitrogens with zero attached hydrogens (tertiary/aromatic N) is 2. The topological polar surface area (TPSA) is 123 Å². The summed E-state index contributed by atoms with van der Waals surface area (Å²) in [6.45, 7) is 3.23. The number of primary amides is 2. The molecule has 0 spiro atoms. The second-order valence-electron chi connectivity index (χ2n) is 6.20. The zero-order chi connectivity index (χ0) is 18.8. The van der Waals surface area contributed by atoms with Crippen LogP contribution in [0.25, 0.3) is 11.3 Å². The number of hydrogen-bond acceptors (Lipinski definition) is 5. The maximum atomic E-state index is 12.1. The summed E-state index contributed by atoms with van der Waals surface area (Å²) in [5.74, 6) is -3.56. The van der Waals surface area contributed by atoms with Gasteiger partial charge >= 0.3 is 0 Å². The number of carbonyl (C=O) groups is 2. The van der Waals surface area contributed by atoms with Gasteiger partial charge in [-0.2, -0.15) is 5.26 Å². The molecular formula is C17H17ClN4O2S. The van der Waals surface area contributed by atoms with Crippen molar-refractivity contribution in [2.75, 3.05) is 0 Å². The smallest absolute Gasteiger partial charge is 0.235 e. The van der Waals surface area contributed by atoms with E-state index in [-0.39, 0.29) is 0 Å². The highest BCUT2D eigenvalue weighted by Gasteiger charge is 2.46. The van der Waals surface area contributed by atoms with Gasteiger partial charge in [0.15, 0.2) is 0 Å². The minimum atomic E-state index is -1.17. The van der Waals surface area contributed by atoms with E-state index in [9.17, 15) is 14.9 Å². The molecule has 0 unspecified atom stereocenters. The number of nitrogens with two attached hydrogens (primary N) is 2. The SMILES string of the molecule is CC(C)([C@@H](C#N)C(N)=O)[C@@H](C(N)=O)c1nc(-c2ccc(Cl)cc2)cs1. The number of nitriles is 1. The van der Waals surface area contributed by atoms with Crippen LogP contribution in [0.1, 0.15) is 24.8 Å². The standard InChI is InChI=1S/C17H17ClN4O2S/c1-17(2,11(7-19)14(20)23)13(15(21)24)16-22-12(8-25-16)9-3-5-10(18)6-4-9/h3-6,8,11,13H,1-2H3,(H2,20,23)(H2,21,24)/t11-,13-/m0/s1. The Bertz CT molecular complexity index is 839. The summed E-state index contributed by atoms with van der Waals surface area (Å²) in [7, 11) is 0. The van der Waals surface area contributed by atoms with Crippen molar-refractivity contribution < 1.29 is 9.59 Å². The number of carbonyl (C=O) groups excluding carboxylic acids is 2. The van der Waals surface area contributed by atoms with Crippen LogP contribution in [0.4, 0.5) is 0 Å². The fourth-order valence-electron chi connectivity index (χ4n) is 2.74. The average Bonchev–Trinajstić information content (AvgIpc) is 2.96. The molecule has 1 heterocycles. The Kier molecular flexibility index (Phi) is 5.45. The van der Waals surface area contributed by atoms with Crippen LogP contribution >= 0.6 is 22.9 Å². The van der Waals surface area contributed by atoms with Crippen LogP contribution in [0.15, 0.2) is 29.6 Å². The van der Waals surface area contributed by atoms with E-state index >= 15 is 0 Å². The van der Waals surface area contributed by atoms with Crippen LogP contribution in [-0.2, 0) is 9.59 Å². The lowest BCUT2D eigenvalue weighted by Crippen LogP contribution is -2.43. The molecule has 0 aliphatic heterocycles. The predicted molar refractivity (Wildman–Crippen MR) is 96.6 cm³/mol. The zero-order valence-corrected chi connectivity index (χ0v) is 15.3. The molecule has 1 aromatic carbocycles. The molecule has 0 bridgehead atoms. The molecular weight excluding hydrogens is 360 g/mol. The molecule has 2 amide bonds. The van der Waals surface area contributed by atoms with E-state index in [4.69, 9.17) is 23.1 Å². The normalized spacial score (nSPS) is 13.7. The largest absolute Gasteiger partial charge is 0.369 e. The summed E-state index contributed by atoms with van der Waals surface area (Å²) >= 11 is 7.13. The van der Waals surface area contributed by atoms with Gasteiger partial charge < -0.3 is 11.5 Å². The van der Waals surface area contributed by atoms with Crippen molar-refractivity contribution in [2.45, 2.75) is 19.8 Å². The summed E-state index contributed by atoms with van der Waals surface area (Å²) in [6, 6.07) is 8.98. The van der Waals surface area contributed by atoms with Gasteiger partial charge in [0.2, 0.25) is 11.8 Å². The second-order valence-corrected chi connectivity index (χ2v) is 7.53. The highest BCUT2D eigenvalue weighted by atomic mass is 35.5. The molecule has 8 heteroatoms. The zero-order valence-electron chi connectivity index (χ0n) is 13.7. The number of halogens is 1. The molecule has 25 heavy (non-hydrogen) atoms. The van der Waals surface area contributed by atoms with Gasteiger partial charge in [0.25, 0.3) is 0 Å². The van der Waals surface area contributed by atoms with Crippen LogP contribution in [0.3, 0.4) is 0 Å². The Hall–Kier alpha value is -2.43. The Morgan fingerprint density at radius 3 is 2.32 bits per heavy atom. The number of rotatable bonds is 6. The fourth-order valence-corrected chi connectivity index (χ4v) is 4.00. The van der Waals surface area contributed by atoms with Gasteiger partial charge in [-0.15, -0.1) is 11.3 Å². The summed E-state index contributed by atoms with van der Waals surface area (Å²) < 4.78 is 0. The van der Waals surface area contributed by atoms with Crippen molar-refractivity contribution in [3.05, 3.63) is 39.7 Å². The van der Waals surface area contributed by atoms with E-state index in [0.29, 0.717) is 15.7 Å². The summed E-state index contributed by atoms with van der Waals surface area (Å²) in [6.07, 6.45) is 0. The van der Waals surface area contributed by atoms with Crippen LogP contribution in [-0.4, -0.2) is 16.8 Å². The third-order valence-electron chi connectivity index (χ3n) is 4.10. The van der Waals surface area contributed by atoms with Gasteiger partial charge in [-0.25, -0.2) is 4.98 Å². The fraction of sp³-hybridized carbons (Fsp3) is 0.294. The predicted octanol–water partition coefficient (Wildman–Crippen LogP) is 2.68. The minimum absolute atomic E-state index is 0.434. The summed E-state index contributed by atoms with van der Waals surface area (Å²) in [5.41, 5.74) is 11.3. The minimum Gasteiger partial charge on any atom is -0.369 e. The van der Waals surface area contributed by atoms with E-state index in [0.717, 1.165) is 5.56 Å². The van der Waals surface area contributed by atoms with Gasteiger partial charge in [-0.3, -0.25) is 9.59 Å². The second kappa shape index (κ2) is 7.21. The number of hydrogen-bond donors (Lipinski definition) is 2. The number of aromatic nitrogens is 1. The van der Waals surface area contributed by atoms with E-state index in [1.165, 1.54) is 11.3 Å². The number of thiazole rings is 1. The highest BCUT2D eigenvalue weighted by Crippen LogP contribution is 2.43. The van der Waals surface area contributed by atoms with Gasteiger partial charge in [0.1, 0.15) is 10.9 Å². The lowest BCUT2D eigenvalue weighted by molar-refractivity contribution is -0.127. The first-order valence-corrected chi connectivity index (χ1v) is 8.63. The molecule has 0 radical (unpaired) electrons. The van der Waals surface area contributed by atoms with Crippen LogP contribution in [0, 0.1) is 22.7 Å². The summed E-state index contributed by atoms with van der Waals surface area (Å²) in [4.78, 5) is 28.2. The van der Waals surface area contributed by atoms with Gasteiger partial charge in [0.05, 0.1) is 17.7 Å². The molecule has 4 N–H and O–H groups in total. The van der Waals surface area contributed by atoms with Gasteiger partial charge in [0, 0.05) is 21.4 Å². The average molecular weight is 377 g/mol. The van der Waals surface area contributed by atoms with Crippen molar-refractivity contribution >= 4 is 34.8 Å². The lowest BCUT2D eigenvalue weighted by atomic mass is 9.69.